The molecule has 94 valence electrons. The van der Waals surface area contributed by atoms with Gasteiger partial charge in [-0.3, -0.25) is 4.79 Å². The maximum atomic E-state index is 11.5. The molecule has 1 aromatic carbocycles. The zero-order chi connectivity index (χ0) is 12.8. The summed E-state index contributed by atoms with van der Waals surface area (Å²) in [7, 11) is 0. The van der Waals surface area contributed by atoms with E-state index < -0.39 is 6.04 Å². The third kappa shape index (κ3) is 4.24. The van der Waals surface area contributed by atoms with Crippen molar-refractivity contribution in [1.29, 1.82) is 0 Å². The Kier molecular flexibility index (Phi) is 5.25. The summed E-state index contributed by atoms with van der Waals surface area (Å²) in [5.74, 6) is 0.332. The molecule has 1 atom stereocenters. The number of carbonyl (C=O) groups excluding carboxylic acids is 1. The van der Waals surface area contributed by atoms with Gasteiger partial charge in [0.05, 0.1) is 18.3 Å². The van der Waals surface area contributed by atoms with Gasteiger partial charge in [0.2, 0.25) is 5.91 Å². The highest BCUT2D eigenvalue weighted by Gasteiger charge is 2.11. The Morgan fingerprint density at radius 1 is 1.59 bits per heavy atom. The molecule has 0 saturated heterocycles. The van der Waals surface area contributed by atoms with Gasteiger partial charge in [-0.15, -0.1) is 0 Å². The fourth-order valence-corrected chi connectivity index (χ4v) is 1.36. The Balaban J connectivity index is 2.86. The van der Waals surface area contributed by atoms with Crippen LogP contribution in [0.25, 0.3) is 0 Å². The van der Waals surface area contributed by atoms with Gasteiger partial charge in [-0.05, 0) is 31.5 Å². The lowest BCUT2D eigenvalue weighted by atomic mass is 10.2. The van der Waals surface area contributed by atoms with E-state index in [9.17, 15) is 4.79 Å². The van der Waals surface area contributed by atoms with Crippen LogP contribution < -0.4 is 15.8 Å². The highest BCUT2D eigenvalue weighted by Crippen LogP contribution is 2.28. The van der Waals surface area contributed by atoms with Crippen molar-refractivity contribution in [3.05, 3.63) is 23.2 Å². The van der Waals surface area contributed by atoms with Gasteiger partial charge in [0.1, 0.15) is 5.75 Å². The highest BCUT2D eigenvalue weighted by atomic mass is 35.5. The van der Waals surface area contributed by atoms with Gasteiger partial charge in [-0.1, -0.05) is 18.5 Å². The van der Waals surface area contributed by atoms with Crippen molar-refractivity contribution in [1.82, 2.24) is 0 Å². The van der Waals surface area contributed by atoms with Crippen LogP contribution in [0, 0.1) is 0 Å². The molecule has 0 spiro atoms. The number of anilines is 1. The van der Waals surface area contributed by atoms with Crippen LogP contribution in [0.15, 0.2) is 18.2 Å². The molecule has 3 N–H and O–H groups in total. The molecule has 17 heavy (non-hydrogen) atoms. The van der Waals surface area contributed by atoms with Crippen molar-refractivity contribution in [2.24, 2.45) is 5.73 Å². The summed E-state index contributed by atoms with van der Waals surface area (Å²) < 4.78 is 5.51. The molecule has 0 aliphatic rings. The van der Waals surface area contributed by atoms with Crippen LogP contribution >= 0.6 is 11.6 Å². The fraction of sp³-hybridized carbons (Fsp3) is 0.417. The van der Waals surface area contributed by atoms with Crippen LogP contribution in [-0.4, -0.2) is 18.6 Å². The van der Waals surface area contributed by atoms with Crippen LogP contribution in [0.2, 0.25) is 5.02 Å². The third-order valence-corrected chi connectivity index (χ3v) is 2.31. The summed E-state index contributed by atoms with van der Waals surface area (Å²) in [4.78, 5) is 11.5. The molecule has 0 bridgehead atoms. The van der Waals surface area contributed by atoms with E-state index in [1.165, 1.54) is 0 Å². The second-order valence-electron chi connectivity index (χ2n) is 3.77. The molecule has 5 heteroatoms. The highest BCUT2D eigenvalue weighted by molar-refractivity contribution is 6.31. The molecule has 0 fully saturated rings. The zero-order valence-electron chi connectivity index (χ0n) is 10.00. The number of amides is 1. The molecule has 0 heterocycles. The Morgan fingerprint density at radius 2 is 2.29 bits per heavy atom. The lowest BCUT2D eigenvalue weighted by Gasteiger charge is -2.13. The normalized spacial score (nSPS) is 12.0. The minimum atomic E-state index is -0.576. The molecule has 0 aromatic heterocycles. The van der Waals surface area contributed by atoms with Crippen LogP contribution in [0.1, 0.15) is 20.3 Å². The second kappa shape index (κ2) is 6.47. The predicted molar refractivity (Wildman–Crippen MR) is 69.5 cm³/mol. The summed E-state index contributed by atoms with van der Waals surface area (Å²) in [6.07, 6.45) is 0.892. The average Bonchev–Trinajstić information content (AvgIpc) is 2.28. The Hall–Kier alpha value is -1.26. The molecular formula is C12H17ClN2O2. The van der Waals surface area contributed by atoms with E-state index in [0.29, 0.717) is 23.1 Å². The Morgan fingerprint density at radius 3 is 2.88 bits per heavy atom. The molecule has 1 rings (SSSR count). The number of hydrogen-bond donors (Lipinski definition) is 2. The van der Waals surface area contributed by atoms with Gasteiger partial charge >= 0.3 is 0 Å². The van der Waals surface area contributed by atoms with Crippen molar-refractivity contribution in [2.45, 2.75) is 26.3 Å². The maximum absolute atomic E-state index is 11.5. The van der Waals surface area contributed by atoms with Crippen molar-refractivity contribution in [3.63, 3.8) is 0 Å². The van der Waals surface area contributed by atoms with Gasteiger partial charge in [0.25, 0.3) is 0 Å². The molecule has 1 amide bonds. The van der Waals surface area contributed by atoms with E-state index in [0.717, 1.165) is 6.42 Å². The van der Waals surface area contributed by atoms with Crippen LogP contribution in [0.4, 0.5) is 5.69 Å². The van der Waals surface area contributed by atoms with Gasteiger partial charge in [0.15, 0.2) is 0 Å². The molecule has 0 unspecified atom stereocenters. The minimum absolute atomic E-state index is 0.270. The molecular weight excluding hydrogens is 240 g/mol. The van der Waals surface area contributed by atoms with Crippen LogP contribution in [-0.2, 0) is 4.79 Å². The lowest BCUT2D eigenvalue weighted by Crippen LogP contribution is -2.32. The van der Waals surface area contributed by atoms with Gasteiger partial charge in [-0.25, -0.2) is 0 Å². The van der Waals surface area contributed by atoms with Gasteiger partial charge in [0, 0.05) is 5.02 Å². The van der Waals surface area contributed by atoms with E-state index in [1.807, 2.05) is 6.92 Å². The molecule has 0 aliphatic carbocycles. The molecule has 4 nitrogen and oxygen atoms in total. The molecule has 0 radical (unpaired) electrons. The van der Waals surface area contributed by atoms with Gasteiger partial charge < -0.3 is 15.8 Å². The Labute approximate surface area is 106 Å². The number of nitrogens with one attached hydrogen (secondary N) is 1. The van der Waals surface area contributed by atoms with Crippen molar-refractivity contribution in [3.8, 4) is 5.75 Å². The van der Waals surface area contributed by atoms with Crippen molar-refractivity contribution < 1.29 is 9.53 Å². The number of halogens is 1. The van der Waals surface area contributed by atoms with E-state index in [1.54, 1.807) is 25.1 Å². The predicted octanol–water partition coefficient (Wildman–Crippen LogP) is 2.41. The fourth-order valence-electron chi connectivity index (χ4n) is 1.18. The molecule has 1 aromatic rings. The number of benzene rings is 1. The standard InChI is InChI=1S/C12H17ClN2O2/c1-3-6-17-11-5-4-9(13)7-10(11)15-12(16)8(2)14/h4-5,7-8H,3,6,14H2,1-2H3,(H,15,16)/t8-/m0/s1. The minimum Gasteiger partial charge on any atom is -0.491 e. The average molecular weight is 257 g/mol. The molecule has 0 saturated carbocycles. The zero-order valence-corrected chi connectivity index (χ0v) is 10.8. The van der Waals surface area contributed by atoms with E-state index in [-0.39, 0.29) is 5.91 Å². The summed E-state index contributed by atoms with van der Waals surface area (Å²) in [5.41, 5.74) is 6.04. The van der Waals surface area contributed by atoms with Gasteiger partial charge in [-0.2, -0.15) is 0 Å². The van der Waals surface area contributed by atoms with Crippen molar-refractivity contribution >= 4 is 23.2 Å². The first-order chi connectivity index (χ1) is 8.04. The number of ether oxygens (including phenoxy) is 1. The Bertz CT molecular complexity index is 394. The van der Waals surface area contributed by atoms with E-state index in [4.69, 9.17) is 22.1 Å². The first-order valence-electron chi connectivity index (χ1n) is 5.53. The number of hydrogen-bond acceptors (Lipinski definition) is 3. The summed E-state index contributed by atoms with van der Waals surface area (Å²) in [6, 6.07) is 4.52. The van der Waals surface area contributed by atoms with E-state index in [2.05, 4.69) is 5.32 Å². The van der Waals surface area contributed by atoms with Crippen LogP contribution in [0.3, 0.4) is 0 Å². The largest absolute Gasteiger partial charge is 0.491 e. The summed E-state index contributed by atoms with van der Waals surface area (Å²) >= 11 is 5.88. The smallest absolute Gasteiger partial charge is 0.241 e. The lowest BCUT2D eigenvalue weighted by molar-refractivity contribution is -0.117. The second-order valence-corrected chi connectivity index (χ2v) is 4.20. The maximum Gasteiger partial charge on any atom is 0.241 e. The number of carbonyl (C=O) groups is 1. The first kappa shape index (κ1) is 13.8. The molecule has 0 aliphatic heterocycles. The summed E-state index contributed by atoms with van der Waals surface area (Å²) in [5, 5.41) is 3.22. The first-order valence-corrected chi connectivity index (χ1v) is 5.91. The number of rotatable bonds is 5. The van der Waals surface area contributed by atoms with Crippen LogP contribution in [0.5, 0.6) is 5.75 Å². The third-order valence-electron chi connectivity index (χ3n) is 2.07. The number of nitrogens with two attached hydrogens (primary N) is 1. The van der Waals surface area contributed by atoms with Crippen molar-refractivity contribution in [2.75, 3.05) is 11.9 Å². The SMILES string of the molecule is CCCOc1ccc(Cl)cc1NC(=O)[C@H](C)N. The monoisotopic (exact) mass is 256 g/mol. The quantitative estimate of drug-likeness (QED) is 0.850. The topological polar surface area (TPSA) is 64.3 Å². The van der Waals surface area contributed by atoms with E-state index >= 15 is 0 Å². The summed E-state index contributed by atoms with van der Waals surface area (Å²) in [6.45, 7) is 4.21.